The fraction of sp³-hybridized carbons (Fsp3) is 0.0769. The van der Waals surface area contributed by atoms with E-state index in [2.05, 4.69) is 10.3 Å². The molecule has 0 fully saturated rings. The lowest BCUT2D eigenvalue weighted by molar-refractivity contribution is 0.0963. The largest absolute Gasteiger partial charge is 0.361 e. The summed E-state index contributed by atoms with van der Waals surface area (Å²) in [6.45, 7) is 0. The van der Waals surface area contributed by atoms with E-state index >= 15 is 0 Å². The van der Waals surface area contributed by atoms with Crippen LogP contribution in [0.15, 0.2) is 47.4 Å². The fourth-order valence-corrected chi connectivity index (χ4v) is 1.58. The van der Waals surface area contributed by atoms with Gasteiger partial charge in [0.25, 0.3) is 5.91 Å². The predicted octanol–water partition coefficient (Wildman–Crippen LogP) is 1.40. The molecule has 17 heavy (non-hydrogen) atoms. The van der Waals surface area contributed by atoms with Crippen molar-refractivity contribution in [2.45, 2.75) is 0 Å². The average Bonchev–Trinajstić information content (AvgIpc) is 2.38. The standard InChI is InChI=1S/C13H12N2O2/c1-14-13(17)10-4-2-3-9(7-10)12-8-11(16)5-6-15-12/h2-8H,1H3,(H,14,17)(H,15,16). The number of aromatic nitrogens is 1. The highest BCUT2D eigenvalue weighted by molar-refractivity contribution is 5.95. The molecule has 0 atom stereocenters. The van der Waals surface area contributed by atoms with Crippen LogP contribution in [-0.2, 0) is 0 Å². The summed E-state index contributed by atoms with van der Waals surface area (Å²) < 4.78 is 0. The van der Waals surface area contributed by atoms with Crippen LogP contribution in [0, 0.1) is 0 Å². The van der Waals surface area contributed by atoms with E-state index in [9.17, 15) is 9.59 Å². The lowest BCUT2D eigenvalue weighted by Crippen LogP contribution is -2.17. The SMILES string of the molecule is CNC(=O)c1cccc(-c2cc(=O)cc[nH]2)c1. The van der Waals surface area contributed by atoms with Crippen LogP contribution in [0.2, 0.25) is 0 Å². The number of aromatic amines is 1. The molecule has 0 saturated carbocycles. The number of rotatable bonds is 2. The van der Waals surface area contributed by atoms with Gasteiger partial charge in [-0.3, -0.25) is 9.59 Å². The first-order valence-electron chi connectivity index (χ1n) is 5.22. The zero-order valence-electron chi connectivity index (χ0n) is 9.36. The summed E-state index contributed by atoms with van der Waals surface area (Å²) in [5.74, 6) is -0.148. The molecular formula is C13H12N2O2. The van der Waals surface area contributed by atoms with Gasteiger partial charge in [0.2, 0.25) is 0 Å². The highest BCUT2D eigenvalue weighted by atomic mass is 16.1. The van der Waals surface area contributed by atoms with E-state index in [1.807, 2.05) is 6.07 Å². The second-order valence-electron chi connectivity index (χ2n) is 3.60. The van der Waals surface area contributed by atoms with Crippen molar-refractivity contribution >= 4 is 5.91 Å². The topological polar surface area (TPSA) is 62.0 Å². The minimum atomic E-state index is -0.148. The Balaban J connectivity index is 2.46. The minimum Gasteiger partial charge on any atom is -0.361 e. The molecule has 4 heteroatoms. The van der Waals surface area contributed by atoms with Gasteiger partial charge in [-0.25, -0.2) is 0 Å². The Morgan fingerprint density at radius 2 is 2.06 bits per heavy atom. The minimum absolute atomic E-state index is 0.0657. The van der Waals surface area contributed by atoms with Crippen molar-refractivity contribution in [3.8, 4) is 11.3 Å². The van der Waals surface area contributed by atoms with E-state index in [-0.39, 0.29) is 11.3 Å². The van der Waals surface area contributed by atoms with E-state index < -0.39 is 0 Å². The number of carbonyl (C=O) groups is 1. The number of carbonyl (C=O) groups excluding carboxylic acids is 1. The van der Waals surface area contributed by atoms with Crippen LogP contribution < -0.4 is 10.7 Å². The van der Waals surface area contributed by atoms with Crippen molar-refractivity contribution in [3.05, 3.63) is 58.4 Å². The lowest BCUT2D eigenvalue weighted by atomic mass is 10.1. The maximum absolute atomic E-state index is 11.5. The molecule has 2 N–H and O–H groups in total. The first-order valence-corrected chi connectivity index (χ1v) is 5.22. The molecule has 0 spiro atoms. The molecule has 0 saturated heterocycles. The molecule has 0 aliphatic carbocycles. The van der Waals surface area contributed by atoms with Gasteiger partial charge in [0, 0.05) is 36.6 Å². The summed E-state index contributed by atoms with van der Waals surface area (Å²) in [4.78, 5) is 25.7. The Kier molecular flexibility index (Phi) is 3.05. The van der Waals surface area contributed by atoms with Gasteiger partial charge >= 0.3 is 0 Å². The molecule has 1 aromatic heterocycles. The summed E-state index contributed by atoms with van der Waals surface area (Å²) >= 11 is 0. The fourth-order valence-electron chi connectivity index (χ4n) is 1.58. The van der Waals surface area contributed by atoms with E-state index in [0.717, 1.165) is 5.56 Å². The molecule has 2 aromatic rings. The van der Waals surface area contributed by atoms with Gasteiger partial charge in [0.15, 0.2) is 5.43 Å². The molecule has 2 rings (SSSR count). The van der Waals surface area contributed by atoms with Crippen LogP contribution in [0.5, 0.6) is 0 Å². The molecule has 0 aliphatic rings. The Bertz CT molecular complexity index is 602. The quantitative estimate of drug-likeness (QED) is 0.816. The molecule has 1 heterocycles. The molecule has 1 amide bonds. The maximum Gasteiger partial charge on any atom is 0.251 e. The lowest BCUT2D eigenvalue weighted by Gasteiger charge is -2.04. The second-order valence-corrected chi connectivity index (χ2v) is 3.60. The molecule has 4 nitrogen and oxygen atoms in total. The first-order chi connectivity index (χ1) is 8.20. The summed E-state index contributed by atoms with van der Waals surface area (Å²) in [5.41, 5.74) is 2.01. The number of benzene rings is 1. The van der Waals surface area contributed by atoms with E-state index in [1.54, 1.807) is 31.4 Å². The Hall–Kier alpha value is -2.36. The summed E-state index contributed by atoms with van der Waals surface area (Å²) in [7, 11) is 1.58. The molecular weight excluding hydrogens is 216 g/mol. The van der Waals surface area contributed by atoms with Gasteiger partial charge in [0.1, 0.15) is 0 Å². The first kappa shape index (κ1) is 11.1. The van der Waals surface area contributed by atoms with Gasteiger partial charge in [0.05, 0.1) is 0 Å². The maximum atomic E-state index is 11.5. The van der Waals surface area contributed by atoms with Crippen LogP contribution in [0.25, 0.3) is 11.3 Å². The third kappa shape index (κ3) is 2.42. The zero-order chi connectivity index (χ0) is 12.3. The van der Waals surface area contributed by atoms with Crippen LogP contribution in [0.1, 0.15) is 10.4 Å². The van der Waals surface area contributed by atoms with Crippen molar-refractivity contribution < 1.29 is 4.79 Å². The predicted molar refractivity (Wildman–Crippen MR) is 65.9 cm³/mol. The second kappa shape index (κ2) is 4.65. The van der Waals surface area contributed by atoms with Crippen molar-refractivity contribution in [3.63, 3.8) is 0 Å². The van der Waals surface area contributed by atoms with Crippen molar-refractivity contribution in [1.82, 2.24) is 10.3 Å². The third-order valence-electron chi connectivity index (χ3n) is 2.44. The highest BCUT2D eigenvalue weighted by Crippen LogP contribution is 2.16. The van der Waals surface area contributed by atoms with Gasteiger partial charge in [-0.15, -0.1) is 0 Å². The van der Waals surface area contributed by atoms with Crippen molar-refractivity contribution in [1.29, 1.82) is 0 Å². The van der Waals surface area contributed by atoms with E-state index in [0.29, 0.717) is 11.3 Å². The Labute approximate surface area is 98.3 Å². The number of hydrogen-bond acceptors (Lipinski definition) is 2. The summed E-state index contributed by atoms with van der Waals surface area (Å²) in [6, 6.07) is 10.0. The smallest absolute Gasteiger partial charge is 0.251 e. The number of nitrogens with one attached hydrogen (secondary N) is 2. The van der Waals surface area contributed by atoms with E-state index in [4.69, 9.17) is 0 Å². The van der Waals surface area contributed by atoms with Crippen molar-refractivity contribution in [2.24, 2.45) is 0 Å². The molecule has 0 radical (unpaired) electrons. The van der Waals surface area contributed by atoms with E-state index in [1.165, 1.54) is 12.1 Å². The number of H-pyrrole nitrogens is 1. The van der Waals surface area contributed by atoms with Crippen LogP contribution in [0.4, 0.5) is 0 Å². The van der Waals surface area contributed by atoms with Gasteiger partial charge in [-0.2, -0.15) is 0 Å². The normalized spacial score (nSPS) is 9.94. The van der Waals surface area contributed by atoms with Gasteiger partial charge in [-0.1, -0.05) is 12.1 Å². The third-order valence-corrected chi connectivity index (χ3v) is 2.44. The summed E-state index contributed by atoms with van der Waals surface area (Å²) in [6.07, 6.45) is 1.59. The number of amides is 1. The van der Waals surface area contributed by atoms with Crippen LogP contribution >= 0.6 is 0 Å². The van der Waals surface area contributed by atoms with Crippen LogP contribution in [0.3, 0.4) is 0 Å². The monoisotopic (exact) mass is 228 g/mol. The van der Waals surface area contributed by atoms with Gasteiger partial charge in [-0.05, 0) is 17.7 Å². The zero-order valence-corrected chi connectivity index (χ0v) is 9.36. The number of pyridine rings is 1. The Morgan fingerprint density at radius 3 is 2.76 bits per heavy atom. The van der Waals surface area contributed by atoms with Gasteiger partial charge < -0.3 is 10.3 Å². The highest BCUT2D eigenvalue weighted by Gasteiger charge is 2.05. The number of hydrogen-bond donors (Lipinski definition) is 2. The molecule has 0 unspecified atom stereocenters. The molecule has 1 aromatic carbocycles. The average molecular weight is 228 g/mol. The summed E-state index contributed by atoms with van der Waals surface area (Å²) in [5, 5.41) is 2.56. The van der Waals surface area contributed by atoms with Crippen LogP contribution in [-0.4, -0.2) is 17.9 Å². The molecule has 0 aliphatic heterocycles. The molecule has 86 valence electrons. The molecule has 0 bridgehead atoms. The Morgan fingerprint density at radius 1 is 1.24 bits per heavy atom. The van der Waals surface area contributed by atoms with Crippen molar-refractivity contribution in [2.75, 3.05) is 7.05 Å².